The maximum absolute atomic E-state index is 12.4. The standard InChI is InChI=1S/C20H29N3O2S/c1-13(2)12-17(19-22-14(3)15(4)26-19)23-20(24)21-11-10-16-8-6-7-9-18(16)25-5/h6-9,13,17H,10-12H2,1-5H3,(H2,21,23,24). The van der Waals surface area contributed by atoms with E-state index < -0.39 is 0 Å². The number of thiazole rings is 1. The number of amides is 2. The van der Waals surface area contributed by atoms with Crippen molar-refractivity contribution >= 4 is 17.4 Å². The van der Waals surface area contributed by atoms with Crippen molar-refractivity contribution in [1.82, 2.24) is 15.6 Å². The number of carbonyl (C=O) groups excluding carboxylic acids is 1. The van der Waals surface area contributed by atoms with Gasteiger partial charge in [-0.3, -0.25) is 0 Å². The second kappa shape index (κ2) is 9.57. The predicted molar refractivity (Wildman–Crippen MR) is 107 cm³/mol. The molecule has 2 rings (SSSR count). The largest absolute Gasteiger partial charge is 0.496 e. The molecule has 1 aromatic carbocycles. The second-order valence-electron chi connectivity index (χ2n) is 6.84. The molecule has 0 radical (unpaired) electrons. The van der Waals surface area contributed by atoms with Gasteiger partial charge in [-0.05, 0) is 44.2 Å². The quantitative estimate of drug-likeness (QED) is 0.719. The van der Waals surface area contributed by atoms with Crippen LogP contribution in [0.4, 0.5) is 4.79 Å². The molecule has 142 valence electrons. The van der Waals surface area contributed by atoms with Gasteiger partial charge < -0.3 is 15.4 Å². The van der Waals surface area contributed by atoms with Crippen LogP contribution in [-0.4, -0.2) is 24.7 Å². The molecule has 26 heavy (non-hydrogen) atoms. The van der Waals surface area contributed by atoms with Gasteiger partial charge in [-0.2, -0.15) is 0 Å². The summed E-state index contributed by atoms with van der Waals surface area (Å²) in [5, 5.41) is 7.02. The Kier molecular flexibility index (Phi) is 7.45. The van der Waals surface area contributed by atoms with Crippen LogP contribution in [0.1, 0.15) is 47.5 Å². The second-order valence-corrected chi connectivity index (χ2v) is 8.07. The van der Waals surface area contributed by atoms with Gasteiger partial charge in [-0.15, -0.1) is 11.3 Å². The summed E-state index contributed by atoms with van der Waals surface area (Å²) in [5.41, 5.74) is 2.12. The van der Waals surface area contributed by atoms with Gasteiger partial charge in [-0.1, -0.05) is 32.0 Å². The Morgan fingerprint density at radius 1 is 1.27 bits per heavy atom. The fourth-order valence-corrected chi connectivity index (χ4v) is 3.76. The smallest absolute Gasteiger partial charge is 0.315 e. The van der Waals surface area contributed by atoms with Crippen molar-refractivity contribution in [3.05, 3.63) is 45.4 Å². The number of aromatic nitrogens is 1. The van der Waals surface area contributed by atoms with Gasteiger partial charge in [0.2, 0.25) is 0 Å². The Morgan fingerprint density at radius 2 is 2.00 bits per heavy atom. The van der Waals surface area contributed by atoms with E-state index >= 15 is 0 Å². The lowest BCUT2D eigenvalue weighted by Crippen LogP contribution is -2.39. The fourth-order valence-electron chi connectivity index (χ4n) is 2.77. The van der Waals surface area contributed by atoms with E-state index in [1.165, 1.54) is 4.88 Å². The van der Waals surface area contributed by atoms with E-state index in [0.717, 1.165) is 34.9 Å². The first kappa shape index (κ1) is 20.2. The van der Waals surface area contributed by atoms with Crippen LogP contribution < -0.4 is 15.4 Å². The zero-order valence-corrected chi connectivity index (χ0v) is 17.1. The van der Waals surface area contributed by atoms with Crippen LogP contribution in [-0.2, 0) is 6.42 Å². The first-order valence-electron chi connectivity index (χ1n) is 9.00. The summed E-state index contributed by atoms with van der Waals surface area (Å²) >= 11 is 1.66. The number of nitrogens with one attached hydrogen (secondary N) is 2. The number of hydrogen-bond acceptors (Lipinski definition) is 4. The van der Waals surface area contributed by atoms with Crippen molar-refractivity contribution in [2.75, 3.05) is 13.7 Å². The molecular formula is C20H29N3O2S. The minimum atomic E-state index is -0.156. The van der Waals surface area contributed by atoms with Crippen LogP contribution in [0.25, 0.3) is 0 Å². The Bertz CT molecular complexity index is 708. The third-order valence-electron chi connectivity index (χ3n) is 4.23. The lowest BCUT2D eigenvalue weighted by atomic mass is 10.0. The van der Waals surface area contributed by atoms with E-state index in [2.05, 4.69) is 36.4 Å². The number of carbonyl (C=O) groups is 1. The molecule has 0 aliphatic carbocycles. The average Bonchev–Trinajstić information content (AvgIpc) is 2.93. The molecule has 5 nitrogen and oxygen atoms in total. The lowest BCUT2D eigenvalue weighted by molar-refractivity contribution is 0.235. The number of para-hydroxylation sites is 1. The molecule has 0 bridgehead atoms. The first-order valence-corrected chi connectivity index (χ1v) is 9.82. The number of urea groups is 1. The lowest BCUT2D eigenvalue weighted by Gasteiger charge is -2.19. The molecule has 0 saturated heterocycles. The summed E-state index contributed by atoms with van der Waals surface area (Å²) in [6.07, 6.45) is 1.59. The van der Waals surface area contributed by atoms with Gasteiger partial charge >= 0.3 is 6.03 Å². The molecule has 1 aromatic heterocycles. The van der Waals surface area contributed by atoms with E-state index in [4.69, 9.17) is 4.74 Å². The van der Waals surface area contributed by atoms with Crippen LogP contribution in [0.2, 0.25) is 0 Å². The Hall–Kier alpha value is -2.08. The summed E-state index contributed by atoms with van der Waals surface area (Å²) in [5.74, 6) is 1.32. The number of ether oxygens (including phenoxy) is 1. The van der Waals surface area contributed by atoms with Crippen LogP contribution >= 0.6 is 11.3 Å². The minimum Gasteiger partial charge on any atom is -0.496 e. The number of hydrogen-bond donors (Lipinski definition) is 2. The molecule has 0 saturated carbocycles. The van der Waals surface area contributed by atoms with Crippen LogP contribution in [0.5, 0.6) is 5.75 Å². The normalized spacial score (nSPS) is 12.1. The van der Waals surface area contributed by atoms with E-state index in [-0.39, 0.29) is 12.1 Å². The van der Waals surface area contributed by atoms with E-state index in [0.29, 0.717) is 12.5 Å². The van der Waals surface area contributed by atoms with Gasteiger partial charge in [0.05, 0.1) is 18.8 Å². The van der Waals surface area contributed by atoms with Crippen LogP contribution in [0.3, 0.4) is 0 Å². The average molecular weight is 376 g/mol. The summed E-state index contributed by atoms with van der Waals surface area (Å²) in [6.45, 7) is 8.94. The van der Waals surface area contributed by atoms with Crippen molar-refractivity contribution in [3.63, 3.8) is 0 Å². The molecule has 1 unspecified atom stereocenters. The van der Waals surface area contributed by atoms with Gasteiger partial charge in [-0.25, -0.2) is 9.78 Å². The van der Waals surface area contributed by atoms with E-state index in [1.54, 1.807) is 18.4 Å². The molecule has 0 spiro atoms. The van der Waals surface area contributed by atoms with Crippen molar-refractivity contribution in [2.24, 2.45) is 5.92 Å². The summed E-state index contributed by atoms with van der Waals surface area (Å²) in [7, 11) is 1.66. The van der Waals surface area contributed by atoms with Gasteiger partial charge in [0.15, 0.2) is 0 Å². The van der Waals surface area contributed by atoms with Crippen molar-refractivity contribution in [2.45, 2.75) is 46.6 Å². The molecule has 6 heteroatoms. The van der Waals surface area contributed by atoms with Gasteiger partial charge in [0.25, 0.3) is 0 Å². The minimum absolute atomic E-state index is 0.0568. The van der Waals surface area contributed by atoms with Crippen LogP contribution in [0.15, 0.2) is 24.3 Å². The maximum Gasteiger partial charge on any atom is 0.315 e. The third-order valence-corrected chi connectivity index (χ3v) is 5.41. The Balaban J connectivity index is 1.92. The molecule has 0 fully saturated rings. The number of nitrogens with zero attached hydrogens (tertiary/aromatic N) is 1. The van der Waals surface area contributed by atoms with Crippen molar-refractivity contribution < 1.29 is 9.53 Å². The SMILES string of the molecule is COc1ccccc1CCNC(=O)NC(CC(C)C)c1nc(C)c(C)s1. The predicted octanol–water partition coefficient (Wildman–Crippen LogP) is 4.40. The summed E-state index contributed by atoms with van der Waals surface area (Å²) in [6, 6.07) is 7.65. The van der Waals surface area contributed by atoms with Gasteiger partial charge in [0, 0.05) is 11.4 Å². The van der Waals surface area contributed by atoms with Crippen molar-refractivity contribution in [3.8, 4) is 5.75 Å². The molecule has 0 aliphatic heterocycles. The molecular weight excluding hydrogens is 346 g/mol. The molecule has 0 aliphatic rings. The molecule has 2 amide bonds. The summed E-state index contributed by atoms with van der Waals surface area (Å²) in [4.78, 5) is 18.2. The zero-order chi connectivity index (χ0) is 19.1. The molecule has 1 atom stereocenters. The molecule has 2 N–H and O–H groups in total. The van der Waals surface area contributed by atoms with Gasteiger partial charge in [0.1, 0.15) is 10.8 Å². The molecule has 2 aromatic rings. The monoisotopic (exact) mass is 375 g/mol. The third kappa shape index (κ3) is 5.73. The highest BCUT2D eigenvalue weighted by atomic mass is 32.1. The zero-order valence-electron chi connectivity index (χ0n) is 16.3. The van der Waals surface area contributed by atoms with Crippen molar-refractivity contribution in [1.29, 1.82) is 0 Å². The van der Waals surface area contributed by atoms with E-state index in [9.17, 15) is 4.79 Å². The number of rotatable bonds is 8. The highest BCUT2D eigenvalue weighted by molar-refractivity contribution is 7.11. The highest BCUT2D eigenvalue weighted by Crippen LogP contribution is 2.27. The maximum atomic E-state index is 12.4. The summed E-state index contributed by atoms with van der Waals surface area (Å²) < 4.78 is 5.35. The number of methoxy groups -OCH3 is 1. The topological polar surface area (TPSA) is 63.2 Å². The number of benzene rings is 1. The first-order chi connectivity index (χ1) is 12.4. The Labute approximate surface area is 160 Å². The highest BCUT2D eigenvalue weighted by Gasteiger charge is 2.20. The molecule has 1 heterocycles. The fraction of sp³-hybridized carbons (Fsp3) is 0.500. The van der Waals surface area contributed by atoms with E-state index in [1.807, 2.05) is 31.2 Å². The number of aryl methyl sites for hydroxylation is 2. The Morgan fingerprint density at radius 3 is 2.62 bits per heavy atom. The van der Waals surface area contributed by atoms with Crippen LogP contribution in [0, 0.1) is 19.8 Å².